The number of anilines is 1. The van der Waals surface area contributed by atoms with Crippen LogP contribution in [0.25, 0.3) is 0 Å². The van der Waals surface area contributed by atoms with Crippen molar-refractivity contribution in [2.45, 2.75) is 32.9 Å². The zero-order valence-electron chi connectivity index (χ0n) is 14.8. The molecule has 1 fully saturated rings. The molecule has 0 aliphatic carbocycles. The Labute approximate surface area is 143 Å². The molecule has 0 aromatic carbocycles. The number of aromatic nitrogens is 3. The van der Waals surface area contributed by atoms with Gasteiger partial charge in [0.05, 0.1) is 18.9 Å². The monoisotopic (exact) mass is 329 g/mol. The molecule has 0 radical (unpaired) electrons. The van der Waals surface area contributed by atoms with Gasteiger partial charge in [0, 0.05) is 51.2 Å². The molecule has 6 heteroatoms. The minimum atomic E-state index is 0.442. The predicted molar refractivity (Wildman–Crippen MR) is 95.1 cm³/mol. The van der Waals surface area contributed by atoms with Crippen LogP contribution in [0.2, 0.25) is 0 Å². The number of nitrogens with zero attached hydrogens (tertiary/aromatic N) is 4. The van der Waals surface area contributed by atoms with Gasteiger partial charge in [-0.25, -0.2) is 4.98 Å². The summed E-state index contributed by atoms with van der Waals surface area (Å²) in [4.78, 5) is 6.78. The van der Waals surface area contributed by atoms with Crippen molar-refractivity contribution in [3.8, 4) is 0 Å². The maximum Gasteiger partial charge on any atom is 0.128 e. The Kier molecular flexibility index (Phi) is 5.48. The van der Waals surface area contributed by atoms with Crippen LogP contribution in [0.3, 0.4) is 0 Å². The van der Waals surface area contributed by atoms with Gasteiger partial charge in [0.15, 0.2) is 0 Å². The Hall–Kier alpha value is -1.92. The number of aryl methyl sites for hydroxylation is 1. The number of ether oxygens (including phenoxy) is 1. The second-order valence-corrected chi connectivity index (χ2v) is 6.59. The largest absolute Gasteiger partial charge is 0.378 e. The van der Waals surface area contributed by atoms with Crippen LogP contribution in [0.4, 0.5) is 5.82 Å². The normalized spacial score (nSPS) is 15.2. The Morgan fingerprint density at radius 3 is 2.79 bits per heavy atom. The fourth-order valence-corrected chi connectivity index (χ4v) is 3.05. The number of rotatable bonds is 6. The van der Waals surface area contributed by atoms with Crippen molar-refractivity contribution in [3.05, 3.63) is 41.3 Å². The Morgan fingerprint density at radius 2 is 2.04 bits per heavy atom. The highest BCUT2D eigenvalue weighted by molar-refractivity contribution is 5.41. The third kappa shape index (κ3) is 4.13. The Balaban J connectivity index is 1.59. The number of nitrogens with one attached hydrogen (secondary N) is 1. The van der Waals surface area contributed by atoms with Gasteiger partial charge in [-0.15, -0.1) is 0 Å². The molecule has 0 amide bonds. The van der Waals surface area contributed by atoms with E-state index >= 15 is 0 Å². The van der Waals surface area contributed by atoms with E-state index in [2.05, 4.69) is 52.5 Å². The summed E-state index contributed by atoms with van der Waals surface area (Å²) < 4.78 is 7.31. The minimum Gasteiger partial charge on any atom is -0.378 e. The molecule has 1 aliphatic heterocycles. The lowest BCUT2D eigenvalue weighted by Crippen LogP contribution is -2.36. The van der Waals surface area contributed by atoms with Crippen LogP contribution >= 0.6 is 0 Å². The van der Waals surface area contributed by atoms with E-state index < -0.39 is 0 Å². The molecule has 0 spiro atoms. The van der Waals surface area contributed by atoms with E-state index in [1.807, 2.05) is 17.9 Å². The molecule has 3 heterocycles. The number of hydrogen-bond acceptors (Lipinski definition) is 5. The van der Waals surface area contributed by atoms with Crippen molar-refractivity contribution >= 4 is 5.82 Å². The lowest BCUT2D eigenvalue weighted by atomic mass is 10.1. The third-order valence-corrected chi connectivity index (χ3v) is 4.27. The van der Waals surface area contributed by atoms with Crippen molar-refractivity contribution in [3.63, 3.8) is 0 Å². The molecule has 6 nitrogen and oxygen atoms in total. The maximum atomic E-state index is 5.41. The number of pyridine rings is 1. The summed E-state index contributed by atoms with van der Waals surface area (Å²) in [5.41, 5.74) is 3.70. The molecule has 0 unspecified atom stereocenters. The van der Waals surface area contributed by atoms with Gasteiger partial charge in [0.1, 0.15) is 5.82 Å². The van der Waals surface area contributed by atoms with Crippen molar-refractivity contribution in [1.29, 1.82) is 0 Å². The Bertz CT molecular complexity index is 661. The molecule has 1 aliphatic rings. The second-order valence-electron chi connectivity index (χ2n) is 6.59. The quantitative estimate of drug-likeness (QED) is 0.879. The van der Waals surface area contributed by atoms with Crippen LogP contribution in [-0.2, 0) is 24.9 Å². The minimum absolute atomic E-state index is 0.442. The van der Waals surface area contributed by atoms with E-state index in [1.165, 1.54) is 16.8 Å². The molecular weight excluding hydrogens is 302 g/mol. The summed E-state index contributed by atoms with van der Waals surface area (Å²) in [6, 6.07) is 4.24. The molecule has 0 bridgehead atoms. The van der Waals surface area contributed by atoms with E-state index in [0.29, 0.717) is 5.92 Å². The van der Waals surface area contributed by atoms with Gasteiger partial charge < -0.3 is 15.0 Å². The number of hydrogen-bond donors (Lipinski definition) is 1. The fourth-order valence-electron chi connectivity index (χ4n) is 3.05. The topological polar surface area (TPSA) is 55.2 Å². The van der Waals surface area contributed by atoms with E-state index in [9.17, 15) is 0 Å². The summed E-state index contributed by atoms with van der Waals surface area (Å²) in [5.74, 6) is 1.48. The molecular formula is C18H27N5O. The van der Waals surface area contributed by atoms with Crippen LogP contribution < -0.4 is 10.2 Å². The van der Waals surface area contributed by atoms with Gasteiger partial charge in [0.25, 0.3) is 0 Å². The molecule has 130 valence electrons. The Morgan fingerprint density at radius 1 is 1.25 bits per heavy atom. The zero-order chi connectivity index (χ0) is 16.9. The molecule has 1 saturated heterocycles. The van der Waals surface area contributed by atoms with E-state index in [0.717, 1.165) is 45.2 Å². The first-order chi connectivity index (χ1) is 11.6. The summed E-state index contributed by atoms with van der Waals surface area (Å²) in [7, 11) is 1.98. The highest BCUT2D eigenvalue weighted by Crippen LogP contribution is 2.18. The van der Waals surface area contributed by atoms with Crippen LogP contribution in [0, 0.1) is 0 Å². The average molecular weight is 329 g/mol. The lowest BCUT2D eigenvalue weighted by molar-refractivity contribution is 0.122. The summed E-state index contributed by atoms with van der Waals surface area (Å²) in [5, 5.41) is 8.09. The average Bonchev–Trinajstić information content (AvgIpc) is 2.97. The first-order valence-electron chi connectivity index (χ1n) is 8.64. The van der Waals surface area contributed by atoms with Crippen molar-refractivity contribution < 1.29 is 4.74 Å². The first-order valence-corrected chi connectivity index (χ1v) is 8.64. The molecule has 2 aromatic heterocycles. The van der Waals surface area contributed by atoms with Gasteiger partial charge >= 0.3 is 0 Å². The maximum absolute atomic E-state index is 5.41. The number of morpholine rings is 1. The van der Waals surface area contributed by atoms with E-state index in [4.69, 9.17) is 4.74 Å². The summed E-state index contributed by atoms with van der Waals surface area (Å²) in [6.07, 6.45) is 4.00. The van der Waals surface area contributed by atoms with Gasteiger partial charge in [-0.2, -0.15) is 5.10 Å². The van der Waals surface area contributed by atoms with Crippen LogP contribution in [0.5, 0.6) is 0 Å². The molecule has 2 aromatic rings. The van der Waals surface area contributed by atoms with Gasteiger partial charge in [-0.05, 0) is 23.6 Å². The van der Waals surface area contributed by atoms with Crippen molar-refractivity contribution in [1.82, 2.24) is 20.1 Å². The highest BCUT2D eigenvalue weighted by atomic mass is 16.5. The fraction of sp³-hybridized carbons (Fsp3) is 0.556. The predicted octanol–water partition coefficient (Wildman–Crippen LogP) is 2.06. The SMILES string of the molecule is CC(C)c1nn(C)cc1CNCc1ccnc(N2CCOCC2)c1. The molecule has 3 rings (SSSR count). The van der Waals surface area contributed by atoms with E-state index in [-0.39, 0.29) is 0 Å². The molecule has 24 heavy (non-hydrogen) atoms. The van der Waals surface area contributed by atoms with Gasteiger partial charge in [-0.3, -0.25) is 4.68 Å². The molecule has 1 N–H and O–H groups in total. The van der Waals surface area contributed by atoms with Crippen LogP contribution in [0.1, 0.15) is 36.6 Å². The summed E-state index contributed by atoms with van der Waals surface area (Å²) in [6.45, 7) is 9.41. The first kappa shape index (κ1) is 16.9. The molecule has 0 saturated carbocycles. The zero-order valence-corrected chi connectivity index (χ0v) is 14.8. The third-order valence-electron chi connectivity index (χ3n) is 4.27. The van der Waals surface area contributed by atoms with Crippen LogP contribution in [-0.4, -0.2) is 41.1 Å². The van der Waals surface area contributed by atoms with Gasteiger partial charge in [-0.1, -0.05) is 13.8 Å². The highest BCUT2D eigenvalue weighted by Gasteiger charge is 2.13. The van der Waals surface area contributed by atoms with Gasteiger partial charge in [0.2, 0.25) is 0 Å². The van der Waals surface area contributed by atoms with Crippen molar-refractivity contribution in [2.75, 3.05) is 31.2 Å². The second kappa shape index (κ2) is 7.77. The van der Waals surface area contributed by atoms with Crippen LogP contribution in [0.15, 0.2) is 24.5 Å². The standard InChI is InChI=1S/C18H27N5O/c1-14(2)18-16(13-22(3)21-18)12-19-11-15-4-5-20-17(10-15)23-6-8-24-9-7-23/h4-5,10,13-14,19H,6-9,11-12H2,1-3H3. The summed E-state index contributed by atoms with van der Waals surface area (Å²) >= 11 is 0. The lowest BCUT2D eigenvalue weighted by Gasteiger charge is -2.28. The molecule has 0 atom stereocenters. The van der Waals surface area contributed by atoms with Crippen molar-refractivity contribution in [2.24, 2.45) is 7.05 Å². The smallest absolute Gasteiger partial charge is 0.128 e. The van der Waals surface area contributed by atoms with E-state index in [1.54, 1.807) is 0 Å².